The van der Waals surface area contributed by atoms with E-state index in [1.54, 1.807) is 0 Å². The summed E-state index contributed by atoms with van der Waals surface area (Å²) in [5, 5.41) is 29.4. The Morgan fingerprint density at radius 2 is 2.00 bits per heavy atom. The number of aromatic nitrogens is 2. The molecule has 4 atom stereocenters. The zero-order valence-corrected chi connectivity index (χ0v) is 12.6. The van der Waals surface area contributed by atoms with Crippen LogP contribution in [0.5, 0.6) is 5.88 Å². The number of rotatable bonds is 5. The minimum absolute atomic E-state index is 0.579. The largest absolute Gasteiger partial charge is 0.493 e. The normalized spacial score (nSPS) is 28.2. The lowest BCUT2D eigenvalue weighted by atomic mass is 10.1. The van der Waals surface area contributed by atoms with Gasteiger partial charge in [0.15, 0.2) is 11.9 Å². The smallest absolute Gasteiger partial charge is 0.394 e. The third-order valence-corrected chi connectivity index (χ3v) is 4.52. The lowest BCUT2D eigenvalue weighted by Gasteiger charge is -2.22. The SMILES string of the molecule is NC(=O)c1ncn([C@@H]2O[C@H](CC(F)(F)P(=O)(O)O)[C@@H](O)[C@H]2O)c1O. The average molecular weight is 373 g/mol. The highest BCUT2D eigenvalue weighted by Crippen LogP contribution is 2.56. The van der Waals surface area contributed by atoms with E-state index in [-0.39, 0.29) is 0 Å². The van der Waals surface area contributed by atoms with Crippen molar-refractivity contribution in [3.05, 3.63) is 12.0 Å². The highest BCUT2D eigenvalue weighted by molar-refractivity contribution is 7.53. The van der Waals surface area contributed by atoms with Gasteiger partial charge in [-0.25, -0.2) is 4.98 Å². The van der Waals surface area contributed by atoms with Crippen LogP contribution in [0.4, 0.5) is 8.78 Å². The van der Waals surface area contributed by atoms with E-state index >= 15 is 0 Å². The summed E-state index contributed by atoms with van der Waals surface area (Å²) < 4.78 is 43.3. The highest BCUT2D eigenvalue weighted by atomic mass is 31.2. The first-order valence-electron chi connectivity index (χ1n) is 6.37. The van der Waals surface area contributed by atoms with Gasteiger partial charge in [-0.1, -0.05) is 0 Å². The van der Waals surface area contributed by atoms with Crippen molar-refractivity contribution in [1.82, 2.24) is 9.55 Å². The summed E-state index contributed by atoms with van der Waals surface area (Å²) in [5.41, 5.74) is -0.143. The summed E-state index contributed by atoms with van der Waals surface area (Å²) in [6.07, 6.45) is -8.02. The van der Waals surface area contributed by atoms with Crippen LogP contribution in [0.1, 0.15) is 23.1 Å². The average Bonchev–Trinajstić information content (AvgIpc) is 2.93. The number of alkyl halides is 2. The number of aromatic hydroxyl groups is 1. The van der Waals surface area contributed by atoms with Crippen molar-refractivity contribution in [3.8, 4) is 5.88 Å². The molecule has 2 rings (SSSR count). The van der Waals surface area contributed by atoms with E-state index in [2.05, 4.69) is 4.98 Å². The van der Waals surface area contributed by atoms with Crippen molar-refractivity contribution in [2.45, 2.75) is 36.6 Å². The fourth-order valence-electron chi connectivity index (χ4n) is 2.20. The minimum atomic E-state index is -5.81. The fraction of sp³-hybridized carbons (Fsp3) is 0.600. The van der Waals surface area contributed by atoms with Crippen molar-refractivity contribution >= 4 is 13.5 Å². The number of nitrogens with zero attached hydrogens (tertiary/aromatic N) is 2. The van der Waals surface area contributed by atoms with Gasteiger partial charge in [0.05, 0.1) is 12.5 Å². The third-order valence-electron chi connectivity index (χ3n) is 3.49. The monoisotopic (exact) mass is 373 g/mol. The molecule has 1 aromatic rings. The number of hydrogen-bond acceptors (Lipinski definition) is 7. The van der Waals surface area contributed by atoms with Gasteiger partial charge >= 0.3 is 13.3 Å². The van der Waals surface area contributed by atoms with Gasteiger partial charge in [0.1, 0.15) is 18.5 Å². The van der Waals surface area contributed by atoms with E-state index in [4.69, 9.17) is 20.3 Å². The Balaban J connectivity index is 2.25. The van der Waals surface area contributed by atoms with Gasteiger partial charge in [-0.15, -0.1) is 0 Å². The molecule has 7 N–H and O–H groups in total. The van der Waals surface area contributed by atoms with E-state index < -0.39 is 61.7 Å². The van der Waals surface area contributed by atoms with E-state index in [1.807, 2.05) is 0 Å². The topological polar surface area (TPSA) is 188 Å². The lowest BCUT2D eigenvalue weighted by Crippen LogP contribution is -2.35. The summed E-state index contributed by atoms with van der Waals surface area (Å²) in [6.45, 7) is 0. The van der Waals surface area contributed by atoms with Crippen LogP contribution in [0.2, 0.25) is 0 Å². The van der Waals surface area contributed by atoms with Crippen LogP contribution in [-0.2, 0) is 9.30 Å². The Kier molecular flexibility index (Phi) is 4.69. The molecule has 0 bridgehead atoms. The first-order valence-corrected chi connectivity index (χ1v) is 7.98. The summed E-state index contributed by atoms with van der Waals surface area (Å²) in [5.74, 6) is -1.94. The maximum Gasteiger partial charge on any atom is 0.394 e. The second-order valence-electron chi connectivity index (χ2n) is 5.15. The Morgan fingerprint density at radius 1 is 1.42 bits per heavy atom. The van der Waals surface area contributed by atoms with Gasteiger partial charge in [-0.3, -0.25) is 13.9 Å². The molecule has 0 spiro atoms. The van der Waals surface area contributed by atoms with Crippen molar-refractivity contribution in [2.75, 3.05) is 0 Å². The Bertz CT molecular complexity index is 692. The molecule has 0 unspecified atom stereocenters. The van der Waals surface area contributed by atoms with Gasteiger partial charge in [0, 0.05) is 0 Å². The maximum atomic E-state index is 13.4. The second kappa shape index (κ2) is 6.02. The number of hydrogen-bond donors (Lipinski definition) is 6. The molecular weight excluding hydrogens is 359 g/mol. The van der Waals surface area contributed by atoms with E-state index in [9.17, 15) is 33.5 Å². The lowest BCUT2D eigenvalue weighted by molar-refractivity contribution is -0.0711. The van der Waals surface area contributed by atoms with Gasteiger partial charge in [-0.05, 0) is 0 Å². The quantitative estimate of drug-likeness (QED) is 0.333. The van der Waals surface area contributed by atoms with Crippen LogP contribution in [0.25, 0.3) is 0 Å². The standard InChI is InChI=1S/C10H14F2N3O8P/c11-10(12,24(20,21)22)1-3-5(16)6(17)9(23-3)15-2-14-4(7(13)18)8(15)19/h2-3,5-6,9,16-17,19H,1H2,(H2,13,18)(H2,20,21,22)/t3-,5-,6-,9-/m1/s1. The molecule has 0 radical (unpaired) electrons. The fourth-order valence-corrected chi connectivity index (χ4v) is 2.62. The predicted octanol–water partition coefficient (Wildman–Crippen LogP) is -1.53. The summed E-state index contributed by atoms with van der Waals surface area (Å²) in [7, 11) is -5.81. The maximum absolute atomic E-state index is 13.4. The summed E-state index contributed by atoms with van der Waals surface area (Å²) in [4.78, 5) is 31.7. The molecule has 1 amide bonds. The van der Waals surface area contributed by atoms with Crippen LogP contribution < -0.4 is 5.73 Å². The number of halogens is 2. The number of imidazole rings is 1. The van der Waals surface area contributed by atoms with Crippen LogP contribution >= 0.6 is 7.60 Å². The molecule has 0 aliphatic carbocycles. The number of ether oxygens (including phenoxy) is 1. The molecule has 1 fully saturated rings. The number of aliphatic hydroxyl groups excluding tert-OH is 2. The first kappa shape index (κ1) is 18.7. The van der Waals surface area contributed by atoms with E-state index in [0.717, 1.165) is 6.33 Å². The zero-order valence-electron chi connectivity index (χ0n) is 11.7. The second-order valence-corrected chi connectivity index (χ2v) is 6.89. The molecule has 1 aliphatic heterocycles. The van der Waals surface area contributed by atoms with Gasteiger partial charge in [-0.2, -0.15) is 8.78 Å². The minimum Gasteiger partial charge on any atom is -0.493 e. The number of nitrogens with two attached hydrogens (primary N) is 1. The van der Waals surface area contributed by atoms with Crippen LogP contribution in [0.15, 0.2) is 6.33 Å². The van der Waals surface area contributed by atoms with Gasteiger partial charge in [0.25, 0.3) is 5.91 Å². The van der Waals surface area contributed by atoms with E-state index in [0.29, 0.717) is 4.57 Å². The third kappa shape index (κ3) is 3.14. The summed E-state index contributed by atoms with van der Waals surface area (Å²) in [6, 6.07) is 0. The number of aliphatic hydroxyl groups is 2. The molecule has 11 nitrogen and oxygen atoms in total. The van der Waals surface area contributed by atoms with Crippen molar-refractivity contribution < 1.29 is 48.0 Å². The van der Waals surface area contributed by atoms with Crippen molar-refractivity contribution in [1.29, 1.82) is 0 Å². The summed E-state index contributed by atoms with van der Waals surface area (Å²) >= 11 is 0. The number of carbonyl (C=O) groups excluding carboxylic acids is 1. The molecule has 1 aromatic heterocycles. The first-order chi connectivity index (χ1) is 10.9. The molecule has 24 heavy (non-hydrogen) atoms. The molecule has 0 saturated carbocycles. The van der Waals surface area contributed by atoms with Gasteiger partial charge < -0.3 is 35.6 Å². The molecule has 14 heteroatoms. The number of carbonyl (C=O) groups is 1. The molecule has 1 aliphatic rings. The Morgan fingerprint density at radius 3 is 2.46 bits per heavy atom. The number of amides is 1. The molecular formula is C10H14F2N3O8P. The highest BCUT2D eigenvalue weighted by Gasteiger charge is 2.55. The predicted molar refractivity (Wildman–Crippen MR) is 69.9 cm³/mol. The van der Waals surface area contributed by atoms with Gasteiger partial charge in [0.2, 0.25) is 5.88 Å². The molecule has 0 aromatic carbocycles. The molecule has 2 heterocycles. The van der Waals surface area contributed by atoms with Crippen molar-refractivity contribution in [2.24, 2.45) is 5.73 Å². The number of primary amides is 1. The van der Waals surface area contributed by atoms with Crippen LogP contribution in [0.3, 0.4) is 0 Å². The van der Waals surface area contributed by atoms with Crippen LogP contribution in [0, 0.1) is 0 Å². The Labute approximate surface area is 132 Å². The zero-order chi connectivity index (χ0) is 18.4. The van der Waals surface area contributed by atoms with Crippen LogP contribution in [-0.4, -0.2) is 64.5 Å². The van der Waals surface area contributed by atoms with E-state index in [1.165, 1.54) is 0 Å². The van der Waals surface area contributed by atoms with Crippen molar-refractivity contribution in [3.63, 3.8) is 0 Å². The molecule has 1 saturated heterocycles. The Hall–Kier alpha value is -1.63. The molecule has 136 valence electrons.